The average molecular weight is 1030 g/mol. The van der Waals surface area contributed by atoms with Gasteiger partial charge in [-0.05, 0) is 155 Å². The molecule has 5 N–H and O–H groups in total. The van der Waals surface area contributed by atoms with Crippen molar-refractivity contribution in [2.75, 3.05) is 29.9 Å². The summed E-state index contributed by atoms with van der Waals surface area (Å²) in [5, 5.41) is 61.2. The number of para-hydroxylation sites is 1. The van der Waals surface area contributed by atoms with E-state index in [-0.39, 0.29) is 40.9 Å². The highest BCUT2D eigenvalue weighted by Crippen LogP contribution is 2.40. The highest BCUT2D eigenvalue weighted by Gasteiger charge is 2.29. The number of hydrogen-bond donors (Lipinski definition) is 4. The maximum atomic E-state index is 13.5. The van der Waals surface area contributed by atoms with Gasteiger partial charge in [-0.25, -0.2) is 14.6 Å². The fourth-order valence-corrected chi connectivity index (χ4v) is 5.97. The summed E-state index contributed by atoms with van der Waals surface area (Å²) in [7, 11) is 0. The molecule has 4 aromatic rings. The number of carbonyl (C=O) groups is 1. The molecule has 7 rings (SSSR count). The number of terminal acetylenes is 2. The van der Waals surface area contributed by atoms with Crippen molar-refractivity contribution in [1.82, 2.24) is 34.7 Å². The van der Waals surface area contributed by atoms with Gasteiger partial charge >= 0.3 is 0 Å². The van der Waals surface area contributed by atoms with E-state index in [1.165, 1.54) is 0 Å². The van der Waals surface area contributed by atoms with Gasteiger partial charge in [0.1, 0.15) is 17.5 Å². The molecule has 24 nitrogen and oxygen atoms in total. The van der Waals surface area contributed by atoms with Gasteiger partial charge in [-0.15, -0.1) is 17.9 Å². The Labute approximate surface area is 452 Å². The third-order valence-corrected chi connectivity index (χ3v) is 9.21. The van der Waals surface area contributed by atoms with Crippen molar-refractivity contribution in [1.29, 1.82) is 0 Å². The van der Waals surface area contributed by atoms with Gasteiger partial charge in [0.15, 0.2) is 11.6 Å². The fourth-order valence-electron chi connectivity index (χ4n) is 5.97. The van der Waals surface area contributed by atoms with Crippen LogP contribution < -0.4 is 20.8 Å². The Morgan fingerprint density at radius 1 is 0.842 bits per heavy atom. The molecule has 1 aliphatic carbocycles. The Kier molecular flexibility index (Phi) is 22.3. The summed E-state index contributed by atoms with van der Waals surface area (Å²) in [4.78, 5) is 27.7. The molecule has 1 amide bonds. The second-order valence-corrected chi connectivity index (χ2v) is 14.2. The maximum absolute atomic E-state index is 13.5. The Hall–Kier alpha value is -12.3. The van der Waals surface area contributed by atoms with Gasteiger partial charge in [0.2, 0.25) is 10.4 Å². The number of fused-ring (bicyclic) bond motifs is 3. The molecule has 24 heteroatoms. The topological polar surface area (TPSA) is 304 Å². The molecule has 0 bridgehead atoms. The maximum Gasteiger partial charge on any atom is 0.274 e. The van der Waals surface area contributed by atoms with Crippen molar-refractivity contribution in [3.05, 3.63) is 59.6 Å². The number of aliphatic hydroxyl groups excluding tert-OH is 1. The van der Waals surface area contributed by atoms with E-state index >= 15 is 0 Å². The van der Waals surface area contributed by atoms with Gasteiger partial charge in [-0.2, -0.15) is 0 Å². The number of benzene rings is 1. The Morgan fingerprint density at radius 2 is 1.42 bits per heavy atom. The molecule has 1 aromatic carbocycles. The summed E-state index contributed by atoms with van der Waals surface area (Å²) in [5.41, 5.74) is 4.20. The molecule has 390 valence electrons. The van der Waals surface area contributed by atoms with Crippen molar-refractivity contribution in [3.8, 4) is 178 Å². The Balaban J connectivity index is -0.000000190. The molecule has 2 atom stereocenters. The van der Waals surface area contributed by atoms with Crippen LogP contribution >= 0.6 is 0 Å². The highest BCUT2D eigenvalue weighted by molar-refractivity contribution is 6.05. The van der Waals surface area contributed by atoms with Crippen LogP contribution in [0.25, 0.3) is 17.1 Å². The van der Waals surface area contributed by atoms with E-state index in [1.54, 1.807) is 29.3 Å². The molecule has 0 radical (unpaired) electrons. The number of imidazole rings is 1. The number of nitrogens with zero attached hydrogens (tertiary/aromatic N) is 16. The SMILES string of the molecule is C#CC#CC#CC#CC#CC#CC#CC#CC#CC#CC#CC#CC#C.C[C@@H]1COc2c(NC(=O)c3cc(-n4cnc(C5CC5)c4)c(N4CC[C@@H](O)C4)cn3)cccc2-c2nnnn21.NN=NN=NN=NN=[N+]([O-])OO.[HH].[HH].[HH].[HH].[HH].[HH].[HH].[HH].[HH].[HH].[HH].[HH]. The van der Waals surface area contributed by atoms with Crippen LogP contribution in [0.1, 0.15) is 71.4 Å². The smallest absolute Gasteiger partial charge is 0.274 e. The van der Waals surface area contributed by atoms with Gasteiger partial charge < -0.3 is 40.7 Å². The van der Waals surface area contributed by atoms with Crippen LogP contribution in [0.2, 0.25) is 0 Å². The minimum absolute atomic E-state index is 0. The minimum Gasteiger partial charge on any atom is -0.488 e. The van der Waals surface area contributed by atoms with Crippen LogP contribution in [0.5, 0.6) is 5.75 Å². The Bertz CT molecular complexity index is 3720. The summed E-state index contributed by atoms with van der Waals surface area (Å²) >= 11 is 0. The predicted octanol–water partition coefficient (Wildman–Crippen LogP) is 6.15. The molecule has 3 aromatic heterocycles. The number of amides is 1. The molecule has 3 aliphatic rings. The number of aliphatic hydroxyl groups is 1. The number of carbonyl (C=O) groups excluding carboxylic acids is 1. The molecule has 76 heavy (non-hydrogen) atoms. The first kappa shape index (κ1) is 54.7. The number of tetrazole rings is 1. The molecular weight excluding hydrogens is 973 g/mol. The highest BCUT2D eigenvalue weighted by atomic mass is 17.2. The van der Waals surface area contributed by atoms with E-state index in [9.17, 15) is 15.1 Å². The quantitative estimate of drug-likeness (QED) is 0.0482. The third kappa shape index (κ3) is 18.2. The fraction of sp³-hybridized carbons (Fsp3) is 0.192. The molecule has 2 aliphatic heterocycles. The van der Waals surface area contributed by atoms with Gasteiger partial charge in [0, 0.05) is 100 Å². The van der Waals surface area contributed by atoms with E-state index in [0.717, 1.165) is 36.5 Å². The monoisotopic (exact) mass is 1030 g/mol. The lowest BCUT2D eigenvalue weighted by Crippen LogP contribution is -2.24. The predicted molar refractivity (Wildman–Crippen MR) is 295 cm³/mol. The van der Waals surface area contributed by atoms with E-state index in [2.05, 4.69) is 225 Å². The summed E-state index contributed by atoms with van der Waals surface area (Å²) in [5.74, 6) is 63.9. The lowest BCUT2D eigenvalue weighted by atomic mass is 10.1. The number of anilines is 2. The first-order valence-corrected chi connectivity index (χ1v) is 21.4. The number of pyridine rings is 1. The summed E-state index contributed by atoms with van der Waals surface area (Å²) in [6, 6.07) is 7.21. The standard InChI is InChI=1S/C26H27N9O3.C26H2.H3N9O3.12H2/c1-15-13-38-24-18(25-30-31-32-35(15)25)3-2-4-19(24)29-26(37)20-9-22(34-12-21(28-14-34)16-5-6-16)23(10-27-20)33-8-7-17(36)11-33;1-3-5-7-9-11-13-15-17-19-21-23-25-26-24-22-20-18-16-14-12-10-8-6-4-2;1-2-3-4-5-6-7-8-9(10)12-11;;;;;;;;;;;;/h2-4,9-10,12,14-17,36H,5-8,11,13H2,1H3,(H,29,37);1-2H;11H,(H2,1,3,5,7);12*1H/t15-,17-;;;;;;;;;;;;;;/m1............../s1. The van der Waals surface area contributed by atoms with Gasteiger partial charge in [-0.1, -0.05) is 11.3 Å². The van der Waals surface area contributed by atoms with Crippen molar-refractivity contribution < 1.29 is 47.0 Å². The normalized spacial score (nSPS) is 13.6. The second kappa shape index (κ2) is 31.0. The first-order chi connectivity index (χ1) is 37.3. The van der Waals surface area contributed by atoms with E-state index in [1.807, 2.05) is 29.8 Å². The number of rotatable bonds is 9. The van der Waals surface area contributed by atoms with Gasteiger partial charge in [-0.3, -0.25) is 10.1 Å². The number of ether oxygens (including phenoxy) is 1. The molecular formula is C52H56N18O6. The van der Waals surface area contributed by atoms with Crippen molar-refractivity contribution in [2.24, 2.45) is 42.4 Å². The number of aromatic nitrogens is 7. The van der Waals surface area contributed by atoms with Crippen LogP contribution in [-0.4, -0.2) is 81.8 Å². The Morgan fingerprint density at radius 3 is 1.96 bits per heavy atom. The molecule has 2 fully saturated rings. The molecule has 1 saturated heterocycles. The third-order valence-electron chi connectivity index (χ3n) is 9.21. The summed E-state index contributed by atoms with van der Waals surface area (Å²) < 4.78 is 9.76. The lowest BCUT2D eigenvalue weighted by Gasteiger charge is -2.22. The van der Waals surface area contributed by atoms with Gasteiger partial charge in [0.25, 0.3) is 5.91 Å². The second-order valence-electron chi connectivity index (χ2n) is 14.2. The number of nitrogens with one attached hydrogen (secondary N) is 1. The first-order valence-electron chi connectivity index (χ1n) is 21.4. The van der Waals surface area contributed by atoms with Crippen LogP contribution in [0.3, 0.4) is 0 Å². The van der Waals surface area contributed by atoms with E-state index in [4.69, 9.17) is 22.8 Å². The molecule has 1 saturated carbocycles. The molecule has 0 unspecified atom stereocenters. The molecule has 0 spiro atoms. The van der Waals surface area contributed by atoms with Crippen molar-refractivity contribution in [2.45, 2.75) is 44.2 Å². The zero-order valence-corrected chi connectivity index (χ0v) is 39.4. The zero-order valence-electron chi connectivity index (χ0n) is 39.4. The number of β-amino-alcohol motifs (C(OH)–C–C–N with tert-alkyl or cyclic N) is 1. The average Bonchev–Trinajstić information content (AvgIpc) is 2.63. The van der Waals surface area contributed by atoms with Crippen LogP contribution in [-0.2, 0) is 4.99 Å². The largest absolute Gasteiger partial charge is 0.488 e. The lowest BCUT2D eigenvalue weighted by molar-refractivity contribution is -0.873. The van der Waals surface area contributed by atoms with Crippen LogP contribution in [0.4, 0.5) is 11.4 Å². The van der Waals surface area contributed by atoms with E-state index < -0.39 is 5.02 Å². The zero-order chi connectivity index (χ0) is 54.0. The summed E-state index contributed by atoms with van der Waals surface area (Å²) in [6.45, 7) is 3.58. The van der Waals surface area contributed by atoms with Crippen LogP contribution in [0, 0.1) is 160 Å². The summed E-state index contributed by atoms with van der Waals surface area (Å²) in [6.07, 6.45) is 18.0. The van der Waals surface area contributed by atoms with Crippen molar-refractivity contribution in [3.63, 3.8) is 0 Å². The molecule has 5 heterocycles. The van der Waals surface area contributed by atoms with Gasteiger partial charge in [0.05, 0.1) is 58.0 Å². The van der Waals surface area contributed by atoms with Crippen molar-refractivity contribution >= 4 is 17.3 Å². The van der Waals surface area contributed by atoms with Crippen LogP contribution in [0.15, 0.2) is 79.5 Å². The minimum atomic E-state index is -0.622. The van der Waals surface area contributed by atoms with E-state index in [0.29, 0.717) is 48.3 Å². The number of nitrogens with two attached hydrogens (primary N) is 1. The number of hydrogen-bond acceptors (Lipinski definition) is 13.